The molecular weight excluding hydrogens is 316 g/mol. The van der Waals surface area contributed by atoms with Crippen LogP contribution in [0.15, 0.2) is 54.6 Å². The Labute approximate surface area is 148 Å². The Morgan fingerprint density at radius 1 is 1.20 bits per heavy atom. The summed E-state index contributed by atoms with van der Waals surface area (Å²) in [6.45, 7) is 3.66. The number of anilines is 1. The van der Waals surface area contributed by atoms with Gasteiger partial charge in [-0.25, -0.2) is 0 Å². The standard InChI is InChI=1S/C20H24N2O3/c1-15-12-22(18(14-25-15)16-8-4-3-5-9-16)13-20(23)21-17-10-6-7-11-19(17)24-2/h3-11,15,18H,12-14H2,1-2H3,(H,21,23)/t15-,18-/m0/s1. The molecule has 1 N–H and O–H groups in total. The van der Waals surface area contributed by atoms with Crippen LogP contribution in [0.1, 0.15) is 18.5 Å². The third kappa shape index (κ3) is 4.38. The lowest BCUT2D eigenvalue weighted by molar-refractivity contribution is -0.121. The van der Waals surface area contributed by atoms with Crippen molar-refractivity contribution in [2.24, 2.45) is 0 Å². The van der Waals surface area contributed by atoms with Crippen LogP contribution in [0.25, 0.3) is 0 Å². The first-order valence-electron chi connectivity index (χ1n) is 8.51. The van der Waals surface area contributed by atoms with E-state index in [9.17, 15) is 4.79 Å². The van der Waals surface area contributed by atoms with E-state index in [4.69, 9.17) is 9.47 Å². The maximum Gasteiger partial charge on any atom is 0.238 e. The summed E-state index contributed by atoms with van der Waals surface area (Å²) < 4.78 is 11.1. The fraction of sp³-hybridized carbons (Fsp3) is 0.350. The van der Waals surface area contributed by atoms with Gasteiger partial charge in [0.1, 0.15) is 5.75 Å². The molecule has 25 heavy (non-hydrogen) atoms. The molecule has 1 aliphatic rings. The summed E-state index contributed by atoms with van der Waals surface area (Å²) >= 11 is 0. The lowest BCUT2D eigenvalue weighted by atomic mass is 10.0. The van der Waals surface area contributed by atoms with Crippen molar-refractivity contribution in [3.05, 3.63) is 60.2 Å². The summed E-state index contributed by atoms with van der Waals surface area (Å²) in [6.07, 6.45) is 0.110. The Morgan fingerprint density at radius 3 is 2.68 bits per heavy atom. The van der Waals surface area contributed by atoms with Gasteiger partial charge in [-0.2, -0.15) is 0 Å². The molecule has 0 aromatic heterocycles. The van der Waals surface area contributed by atoms with Gasteiger partial charge in [0.2, 0.25) is 5.91 Å². The van der Waals surface area contributed by atoms with E-state index in [1.165, 1.54) is 5.56 Å². The summed E-state index contributed by atoms with van der Waals surface area (Å²) in [6, 6.07) is 17.7. The molecule has 132 valence electrons. The molecule has 5 nitrogen and oxygen atoms in total. The molecule has 1 amide bonds. The number of methoxy groups -OCH3 is 1. The lowest BCUT2D eigenvalue weighted by Crippen LogP contribution is -2.46. The highest BCUT2D eigenvalue weighted by molar-refractivity contribution is 5.93. The molecule has 1 saturated heterocycles. The molecule has 0 aliphatic carbocycles. The highest BCUT2D eigenvalue weighted by atomic mass is 16.5. The number of nitrogens with one attached hydrogen (secondary N) is 1. The number of hydrogen-bond acceptors (Lipinski definition) is 4. The molecule has 1 heterocycles. The first kappa shape index (κ1) is 17.5. The summed E-state index contributed by atoms with van der Waals surface area (Å²) in [5.74, 6) is 0.602. The second-order valence-electron chi connectivity index (χ2n) is 6.25. The van der Waals surface area contributed by atoms with E-state index in [2.05, 4.69) is 22.3 Å². The largest absolute Gasteiger partial charge is 0.495 e. The summed E-state index contributed by atoms with van der Waals surface area (Å²) in [5.41, 5.74) is 1.85. The van der Waals surface area contributed by atoms with Crippen molar-refractivity contribution in [2.75, 3.05) is 32.1 Å². The Bertz CT molecular complexity index is 705. The van der Waals surface area contributed by atoms with E-state index in [1.54, 1.807) is 7.11 Å². The molecule has 0 unspecified atom stereocenters. The number of amides is 1. The van der Waals surface area contributed by atoms with E-state index in [0.717, 1.165) is 6.54 Å². The Morgan fingerprint density at radius 2 is 1.92 bits per heavy atom. The van der Waals surface area contributed by atoms with E-state index in [-0.39, 0.29) is 18.1 Å². The van der Waals surface area contributed by atoms with Crippen LogP contribution in [0.5, 0.6) is 5.75 Å². The van der Waals surface area contributed by atoms with Gasteiger partial charge in [-0.1, -0.05) is 42.5 Å². The third-order valence-electron chi connectivity index (χ3n) is 4.38. The van der Waals surface area contributed by atoms with Gasteiger partial charge < -0.3 is 14.8 Å². The van der Waals surface area contributed by atoms with Crippen molar-refractivity contribution < 1.29 is 14.3 Å². The van der Waals surface area contributed by atoms with Crippen LogP contribution in [-0.2, 0) is 9.53 Å². The van der Waals surface area contributed by atoms with Gasteiger partial charge in [0.15, 0.2) is 0 Å². The minimum Gasteiger partial charge on any atom is -0.495 e. The summed E-state index contributed by atoms with van der Waals surface area (Å²) in [4.78, 5) is 14.8. The number of para-hydroxylation sites is 2. The number of nitrogens with zero attached hydrogens (tertiary/aromatic N) is 1. The van der Waals surface area contributed by atoms with E-state index < -0.39 is 0 Å². The topological polar surface area (TPSA) is 50.8 Å². The van der Waals surface area contributed by atoms with E-state index in [0.29, 0.717) is 24.6 Å². The monoisotopic (exact) mass is 340 g/mol. The second-order valence-corrected chi connectivity index (χ2v) is 6.25. The van der Waals surface area contributed by atoms with Crippen molar-refractivity contribution in [3.8, 4) is 5.75 Å². The van der Waals surface area contributed by atoms with Crippen molar-refractivity contribution >= 4 is 11.6 Å². The minimum absolute atomic E-state index is 0.0560. The number of hydrogen-bond donors (Lipinski definition) is 1. The van der Waals surface area contributed by atoms with Gasteiger partial charge in [0, 0.05) is 6.54 Å². The Kier molecular flexibility index (Phi) is 5.68. The zero-order chi connectivity index (χ0) is 17.6. The van der Waals surface area contributed by atoms with Gasteiger partial charge in [-0.15, -0.1) is 0 Å². The first-order chi connectivity index (χ1) is 12.2. The van der Waals surface area contributed by atoms with Crippen LogP contribution < -0.4 is 10.1 Å². The highest BCUT2D eigenvalue weighted by Gasteiger charge is 2.29. The quantitative estimate of drug-likeness (QED) is 0.909. The van der Waals surface area contributed by atoms with Gasteiger partial charge in [-0.3, -0.25) is 9.69 Å². The van der Waals surface area contributed by atoms with E-state index >= 15 is 0 Å². The predicted octanol–water partition coefficient (Wildman–Crippen LogP) is 3.10. The Hall–Kier alpha value is -2.37. The molecule has 0 spiro atoms. The molecular formula is C20H24N2O3. The van der Waals surface area contributed by atoms with Crippen molar-refractivity contribution in [1.29, 1.82) is 0 Å². The van der Waals surface area contributed by atoms with Gasteiger partial charge in [0.05, 0.1) is 38.1 Å². The highest BCUT2D eigenvalue weighted by Crippen LogP contribution is 2.27. The van der Waals surface area contributed by atoms with E-state index in [1.807, 2.05) is 49.4 Å². The fourth-order valence-corrected chi connectivity index (χ4v) is 3.15. The minimum atomic E-state index is -0.0560. The predicted molar refractivity (Wildman–Crippen MR) is 97.8 cm³/mol. The van der Waals surface area contributed by atoms with Gasteiger partial charge >= 0.3 is 0 Å². The van der Waals surface area contributed by atoms with Crippen LogP contribution in [0.3, 0.4) is 0 Å². The SMILES string of the molecule is COc1ccccc1NC(=O)CN1C[C@H](C)OC[C@H]1c1ccccc1. The molecule has 0 saturated carbocycles. The number of ether oxygens (including phenoxy) is 2. The van der Waals surface area contributed by atoms with Gasteiger partial charge in [-0.05, 0) is 24.6 Å². The number of rotatable bonds is 5. The number of benzene rings is 2. The maximum atomic E-state index is 12.6. The van der Waals surface area contributed by atoms with Gasteiger partial charge in [0.25, 0.3) is 0 Å². The second kappa shape index (κ2) is 8.14. The molecule has 5 heteroatoms. The third-order valence-corrected chi connectivity index (χ3v) is 4.38. The van der Waals surface area contributed by atoms with Crippen LogP contribution in [0.2, 0.25) is 0 Å². The lowest BCUT2D eigenvalue weighted by Gasteiger charge is -2.38. The van der Waals surface area contributed by atoms with Crippen LogP contribution in [0, 0.1) is 0 Å². The average Bonchev–Trinajstić information content (AvgIpc) is 2.63. The fourth-order valence-electron chi connectivity index (χ4n) is 3.15. The van der Waals surface area contributed by atoms with Crippen LogP contribution in [0.4, 0.5) is 5.69 Å². The van der Waals surface area contributed by atoms with Crippen LogP contribution in [-0.4, -0.2) is 43.7 Å². The number of morpholine rings is 1. The van der Waals surface area contributed by atoms with Crippen molar-refractivity contribution in [3.63, 3.8) is 0 Å². The smallest absolute Gasteiger partial charge is 0.238 e. The molecule has 0 radical (unpaired) electrons. The number of carbonyl (C=O) groups is 1. The molecule has 1 aliphatic heterocycles. The normalized spacial score (nSPS) is 20.9. The maximum absolute atomic E-state index is 12.6. The summed E-state index contributed by atoms with van der Waals surface area (Å²) in [5, 5.41) is 2.95. The first-order valence-corrected chi connectivity index (χ1v) is 8.51. The van der Waals surface area contributed by atoms with Crippen LogP contribution >= 0.6 is 0 Å². The molecule has 0 bridgehead atoms. The molecule has 3 rings (SSSR count). The zero-order valence-corrected chi connectivity index (χ0v) is 14.6. The van der Waals surface area contributed by atoms with Crippen molar-refractivity contribution in [2.45, 2.75) is 19.1 Å². The molecule has 2 atom stereocenters. The zero-order valence-electron chi connectivity index (χ0n) is 14.6. The average molecular weight is 340 g/mol. The number of carbonyl (C=O) groups excluding carboxylic acids is 1. The van der Waals surface area contributed by atoms with Crippen molar-refractivity contribution in [1.82, 2.24) is 4.90 Å². The Balaban J connectivity index is 1.71. The molecule has 2 aromatic carbocycles. The summed E-state index contributed by atoms with van der Waals surface area (Å²) in [7, 11) is 1.60. The molecule has 2 aromatic rings. The molecule has 1 fully saturated rings.